The van der Waals surface area contributed by atoms with Crippen LogP contribution >= 0.6 is 0 Å². The molecule has 0 bridgehead atoms. The van der Waals surface area contributed by atoms with E-state index in [0.29, 0.717) is 12.8 Å². The summed E-state index contributed by atoms with van der Waals surface area (Å²) in [6, 6.07) is -0.530. The van der Waals surface area contributed by atoms with Crippen molar-refractivity contribution in [2.75, 3.05) is 0 Å². The maximum atomic E-state index is 11.8. The van der Waals surface area contributed by atoms with Crippen LogP contribution in [0.5, 0.6) is 0 Å². The van der Waals surface area contributed by atoms with Crippen LogP contribution in [0.4, 0.5) is 0 Å². The van der Waals surface area contributed by atoms with Crippen molar-refractivity contribution < 1.29 is 14.5 Å². The van der Waals surface area contributed by atoms with Crippen LogP contribution in [0.3, 0.4) is 0 Å². The number of Topliss-reactive ketones (excluding diaryl/α,β-unsaturated/α-hetero) is 2. The minimum atomic E-state index is -0.530. The number of carbonyl (C=O) groups excluding carboxylic acids is 2. The lowest BCUT2D eigenvalue weighted by Crippen LogP contribution is -2.45. The number of nitrogens with zero attached hydrogens (tertiary/aromatic N) is 1. The molecule has 3 saturated carbocycles. The Morgan fingerprint density at radius 3 is 2.29 bits per heavy atom. The second-order valence-electron chi connectivity index (χ2n) is 5.54. The highest BCUT2D eigenvalue weighted by Crippen LogP contribution is 2.52. The fourth-order valence-corrected chi connectivity index (χ4v) is 4.28. The minimum absolute atomic E-state index is 0.0205. The first kappa shape index (κ1) is 10.9. The van der Waals surface area contributed by atoms with E-state index in [0.717, 1.165) is 19.3 Å². The fraction of sp³-hybridized carbons (Fsp3) is 0.833. The zero-order chi connectivity index (χ0) is 12.2. The highest BCUT2D eigenvalue weighted by atomic mass is 16.6. The fourth-order valence-electron chi connectivity index (χ4n) is 4.28. The summed E-state index contributed by atoms with van der Waals surface area (Å²) in [7, 11) is 0. The van der Waals surface area contributed by atoms with Crippen molar-refractivity contribution in [3.05, 3.63) is 10.1 Å². The summed E-state index contributed by atoms with van der Waals surface area (Å²) in [6.45, 7) is 0. The van der Waals surface area contributed by atoms with Gasteiger partial charge >= 0.3 is 0 Å². The van der Waals surface area contributed by atoms with E-state index in [2.05, 4.69) is 0 Å². The maximum Gasteiger partial charge on any atom is 0.216 e. The van der Waals surface area contributed by atoms with Crippen LogP contribution < -0.4 is 0 Å². The minimum Gasteiger partial charge on any atom is -0.291 e. The molecule has 0 aromatic carbocycles. The summed E-state index contributed by atoms with van der Waals surface area (Å²) in [5.74, 6) is -0.948. The third-order valence-corrected chi connectivity index (χ3v) is 4.93. The van der Waals surface area contributed by atoms with Gasteiger partial charge in [-0.2, -0.15) is 0 Å². The van der Waals surface area contributed by atoms with E-state index >= 15 is 0 Å². The number of nitro groups is 1. The van der Waals surface area contributed by atoms with E-state index in [4.69, 9.17) is 0 Å². The molecule has 3 fully saturated rings. The van der Waals surface area contributed by atoms with Crippen molar-refractivity contribution in [1.29, 1.82) is 0 Å². The molecule has 5 atom stereocenters. The van der Waals surface area contributed by atoms with E-state index < -0.39 is 6.04 Å². The van der Waals surface area contributed by atoms with E-state index in [9.17, 15) is 19.7 Å². The van der Waals surface area contributed by atoms with Crippen molar-refractivity contribution in [2.45, 2.75) is 38.1 Å². The summed E-state index contributed by atoms with van der Waals surface area (Å²) in [6.07, 6.45) is 3.41. The van der Waals surface area contributed by atoms with Crippen LogP contribution in [0.2, 0.25) is 0 Å². The average Bonchev–Trinajstić information content (AvgIpc) is 2.57. The van der Waals surface area contributed by atoms with Gasteiger partial charge < -0.3 is 0 Å². The third-order valence-electron chi connectivity index (χ3n) is 4.93. The van der Waals surface area contributed by atoms with Gasteiger partial charge in [0, 0.05) is 29.1 Å². The van der Waals surface area contributed by atoms with Crippen LogP contribution in [0, 0.1) is 33.8 Å². The molecule has 17 heavy (non-hydrogen) atoms. The maximum absolute atomic E-state index is 11.8. The molecule has 92 valence electrons. The summed E-state index contributed by atoms with van der Waals surface area (Å²) >= 11 is 0. The highest BCUT2D eigenvalue weighted by molar-refractivity contribution is 6.41. The monoisotopic (exact) mass is 237 g/mol. The van der Waals surface area contributed by atoms with Gasteiger partial charge in [0.15, 0.2) is 0 Å². The molecule has 3 aliphatic carbocycles. The largest absolute Gasteiger partial charge is 0.291 e. The molecule has 5 nitrogen and oxygen atoms in total. The Morgan fingerprint density at radius 1 is 1.00 bits per heavy atom. The Morgan fingerprint density at radius 2 is 1.65 bits per heavy atom. The van der Waals surface area contributed by atoms with Gasteiger partial charge in [0.2, 0.25) is 17.6 Å². The van der Waals surface area contributed by atoms with Gasteiger partial charge in [0.1, 0.15) is 0 Å². The number of ketones is 2. The molecule has 0 saturated heterocycles. The number of hydrogen-bond donors (Lipinski definition) is 0. The molecule has 0 aliphatic heterocycles. The van der Waals surface area contributed by atoms with Crippen LogP contribution in [-0.2, 0) is 9.59 Å². The van der Waals surface area contributed by atoms with Crippen molar-refractivity contribution in [3.63, 3.8) is 0 Å². The van der Waals surface area contributed by atoms with Crippen molar-refractivity contribution in [1.82, 2.24) is 0 Å². The Bertz CT molecular complexity index is 389. The lowest BCUT2D eigenvalue weighted by atomic mass is 9.63. The van der Waals surface area contributed by atoms with E-state index in [1.807, 2.05) is 0 Å². The van der Waals surface area contributed by atoms with Gasteiger partial charge in [-0.15, -0.1) is 0 Å². The SMILES string of the molecule is O=C1C(=O)C2CCC([N+](=O)[O-])C3CCCC1C23. The average molecular weight is 237 g/mol. The predicted octanol–water partition coefficient (Wildman–Crippen LogP) is 1.23. The van der Waals surface area contributed by atoms with Gasteiger partial charge in [-0.1, -0.05) is 6.42 Å². The Hall–Kier alpha value is -1.26. The summed E-state index contributed by atoms with van der Waals surface area (Å²) in [4.78, 5) is 34.5. The van der Waals surface area contributed by atoms with E-state index in [1.165, 1.54) is 0 Å². The standard InChI is InChI=1S/C12H15NO4/c14-11-7-3-1-2-6-9(13(16)17)5-4-8(10(6)7)12(11)15/h6-10H,1-5H2. The van der Waals surface area contributed by atoms with Crippen LogP contribution in [-0.4, -0.2) is 22.5 Å². The molecule has 0 amide bonds. The first-order valence-corrected chi connectivity index (χ1v) is 6.33. The van der Waals surface area contributed by atoms with Crippen LogP contribution in [0.25, 0.3) is 0 Å². The van der Waals surface area contributed by atoms with Gasteiger partial charge in [-0.3, -0.25) is 19.7 Å². The molecule has 0 radical (unpaired) electrons. The highest BCUT2D eigenvalue weighted by Gasteiger charge is 2.59. The van der Waals surface area contributed by atoms with E-state index in [-0.39, 0.29) is 40.2 Å². The molecule has 3 rings (SSSR count). The second-order valence-corrected chi connectivity index (χ2v) is 5.54. The second kappa shape index (κ2) is 3.62. The van der Waals surface area contributed by atoms with Crippen molar-refractivity contribution in [2.24, 2.45) is 23.7 Å². The Labute approximate surface area is 98.7 Å². The molecule has 0 spiro atoms. The lowest BCUT2D eigenvalue weighted by Gasteiger charge is -2.40. The molecule has 0 aromatic rings. The quantitative estimate of drug-likeness (QED) is 0.390. The summed E-state index contributed by atoms with van der Waals surface area (Å²) < 4.78 is 0. The molecule has 3 aliphatic rings. The topological polar surface area (TPSA) is 77.3 Å². The number of carbonyl (C=O) groups is 2. The van der Waals surface area contributed by atoms with Crippen molar-refractivity contribution >= 4 is 11.6 Å². The Kier molecular flexibility index (Phi) is 2.31. The lowest BCUT2D eigenvalue weighted by molar-refractivity contribution is -0.539. The zero-order valence-corrected chi connectivity index (χ0v) is 9.50. The smallest absolute Gasteiger partial charge is 0.216 e. The number of hydrogen-bond acceptors (Lipinski definition) is 4. The third kappa shape index (κ3) is 1.37. The molecule has 5 unspecified atom stereocenters. The van der Waals surface area contributed by atoms with Gasteiger partial charge in [0.05, 0.1) is 0 Å². The number of rotatable bonds is 1. The molecular formula is C12H15NO4. The normalized spacial score (nSPS) is 44.6. The summed E-state index contributed by atoms with van der Waals surface area (Å²) in [5.41, 5.74) is 0. The van der Waals surface area contributed by atoms with Gasteiger partial charge in [0.25, 0.3) is 0 Å². The molecule has 5 heteroatoms. The summed E-state index contributed by atoms with van der Waals surface area (Å²) in [5, 5.41) is 11.0. The first-order valence-electron chi connectivity index (χ1n) is 6.33. The van der Waals surface area contributed by atoms with Crippen LogP contribution in [0.15, 0.2) is 0 Å². The van der Waals surface area contributed by atoms with Gasteiger partial charge in [-0.25, -0.2) is 0 Å². The molecular weight excluding hydrogens is 222 g/mol. The molecule has 0 N–H and O–H groups in total. The Balaban J connectivity index is 1.96. The van der Waals surface area contributed by atoms with E-state index in [1.54, 1.807) is 0 Å². The van der Waals surface area contributed by atoms with Gasteiger partial charge in [-0.05, 0) is 25.2 Å². The van der Waals surface area contributed by atoms with Crippen molar-refractivity contribution in [3.8, 4) is 0 Å². The van der Waals surface area contributed by atoms with Crippen LogP contribution in [0.1, 0.15) is 32.1 Å². The molecule has 0 aromatic heterocycles. The zero-order valence-electron chi connectivity index (χ0n) is 9.50. The first-order chi connectivity index (χ1) is 8.11. The predicted molar refractivity (Wildman–Crippen MR) is 57.8 cm³/mol. The molecule has 0 heterocycles.